The van der Waals surface area contributed by atoms with Gasteiger partial charge in [0.05, 0.1) is 25.0 Å². The van der Waals surface area contributed by atoms with Crippen LogP contribution in [0, 0.1) is 19.3 Å². The van der Waals surface area contributed by atoms with E-state index in [2.05, 4.69) is 9.97 Å². The van der Waals surface area contributed by atoms with E-state index in [1.807, 2.05) is 30.3 Å². The number of benzene rings is 3. The number of aromatic carboxylic acids is 1. The molecule has 0 radical (unpaired) electrons. The predicted molar refractivity (Wildman–Crippen MR) is 167 cm³/mol. The van der Waals surface area contributed by atoms with E-state index in [9.17, 15) is 19.5 Å². The van der Waals surface area contributed by atoms with Crippen LogP contribution in [-0.4, -0.2) is 56.6 Å². The molecule has 0 spiro atoms. The Kier molecular flexibility index (Phi) is 9.29. The SMILES string of the molecule is COc1ccc(CN(C(=O)C(N)(C=N)Cc2c(C)cc(C(N)=O)cc2C)[C@@H](C)c2ncc(-c3ccccc3)[nH]2)cc1C(=O)O. The zero-order valence-corrected chi connectivity index (χ0v) is 25.0. The maximum Gasteiger partial charge on any atom is 0.339 e. The van der Waals surface area contributed by atoms with Crippen molar-refractivity contribution >= 4 is 24.0 Å². The predicted octanol–water partition coefficient (Wildman–Crippen LogP) is 4.18. The molecule has 1 heterocycles. The molecule has 2 amide bonds. The van der Waals surface area contributed by atoms with Gasteiger partial charge in [-0.3, -0.25) is 9.59 Å². The summed E-state index contributed by atoms with van der Waals surface area (Å²) in [7, 11) is 1.38. The van der Waals surface area contributed by atoms with Crippen LogP contribution in [0.25, 0.3) is 11.3 Å². The Morgan fingerprint density at radius 1 is 1.11 bits per heavy atom. The van der Waals surface area contributed by atoms with Gasteiger partial charge in [-0.1, -0.05) is 36.4 Å². The number of nitrogens with zero attached hydrogens (tertiary/aromatic N) is 2. The van der Waals surface area contributed by atoms with E-state index < -0.39 is 29.4 Å². The van der Waals surface area contributed by atoms with Crippen LogP contribution in [0.15, 0.2) is 66.9 Å². The molecule has 0 saturated heterocycles. The third-order valence-electron chi connectivity index (χ3n) is 7.76. The van der Waals surface area contributed by atoms with Crippen molar-refractivity contribution in [1.29, 1.82) is 5.41 Å². The van der Waals surface area contributed by atoms with Gasteiger partial charge in [-0.05, 0) is 72.9 Å². The maximum atomic E-state index is 14.4. The lowest BCUT2D eigenvalue weighted by Crippen LogP contribution is -2.58. The maximum absolute atomic E-state index is 14.4. The summed E-state index contributed by atoms with van der Waals surface area (Å²) in [6, 6.07) is 16.9. The number of nitrogens with two attached hydrogens (primary N) is 2. The van der Waals surface area contributed by atoms with Crippen molar-refractivity contribution < 1.29 is 24.2 Å². The van der Waals surface area contributed by atoms with Gasteiger partial charge in [0, 0.05) is 24.7 Å². The third-order valence-corrected chi connectivity index (χ3v) is 7.76. The molecule has 11 heteroatoms. The van der Waals surface area contributed by atoms with Gasteiger partial charge in [0.1, 0.15) is 22.7 Å². The number of H-pyrrole nitrogens is 1. The summed E-state index contributed by atoms with van der Waals surface area (Å²) in [5.74, 6) is -1.65. The molecule has 1 unspecified atom stereocenters. The zero-order chi connectivity index (χ0) is 32.2. The topological polar surface area (TPSA) is 188 Å². The number of hydrogen-bond acceptors (Lipinski definition) is 7. The minimum Gasteiger partial charge on any atom is -0.496 e. The average Bonchev–Trinajstić information content (AvgIpc) is 3.51. The highest BCUT2D eigenvalue weighted by Gasteiger charge is 2.39. The van der Waals surface area contributed by atoms with E-state index in [0.717, 1.165) is 17.5 Å². The normalized spacial score (nSPS) is 13.0. The smallest absolute Gasteiger partial charge is 0.339 e. The highest BCUT2D eigenvalue weighted by molar-refractivity contribution is 6.03. The largest absolute Gasteiger partial charge is 0.496 e. The Bertz CT molecular complexity index is 1690. The number of rotatable bonds is 12. The van der Waals surface area contributed by atoms with Gasteiger partial charge >= 0.3 is 5.97 Å². The summed E-state index contributed by atoms with van der Waals surface area (Å²) in [6.45, 7) is 5.35. The number of carbonyl (C=O) groups is 3. The molecular formula is C33H36N6O5. The van der Waals surface area contributed by atoms with Crippen molar-refractivity contribution in [2.24, 2.45) is 11.5 Å². The molecule has 0 bridgehead atoms. The van der Waals surface area contributed by atoms with Crippen LogP contribution in [0.2, 0.25) is 0 Å². The number of nitrogens with one attached hydrogen (secondary N) is 2. The second-order valence-electron chi connectivity index (χ2n) is 10.8. The van der Waals surface area contributed by atoms with E-state index >= 15 is 0 Å². The number of aromatic nitrogens is 2. The molecule has 7 N–H and O–H groups in total. The van der Waals surface area contributed by atoms with E-state index in [4.69, 9.17) is 21.6 Å². The van der Waals surface area contributed by atoms with Crippen LogP contribution in [0.5, 0.6) is 5.75 Å². The summed E-state index contributed by atoms with van der Waals surface area (Å²) >= 11 is 0. The Balaban J connectivity index is 1.76. The first-order valence-electron chi connectivity index (χ1n) is 13.9. The molecule has 0 saturated carbocycles. The van der Waals surface area contributed by atoms with Gasteiger partial charge in [-0.15, -0.1) is 0 Å². The molecule has 0 fully saturated rings. The first kappa shape index (κ1) is 31.6. The molecule has 2 atom stereocenters. The fourth-order valence-electron chi connectivity index (χ4n) is 5.23. The van der Waals surface area contributed by atoms with Crippen molar-refractivity contribution in [2.75, 3.05) is 7.11 Å². The summed E-state index contributed by atoms with van der Waals surface area (Å²) < 4.78 is 5.20. The summed E-state index contributed by atoms with van der Waals surface area (Å²) in [4.78, 5) is 47.5. The fourth-order valence-corrected chi connectivity index (χ4v) is 5.23. The number of hydrogen-bond donors (Lipinski definition) is 5. The first-order valence-corrected chi connectivity index (χ1v) is 13.9. The van der Waals surface area contributed by atoms with Gasteiger partial charge in [0.15, 0.2) is 0 Å². The third kappa shape index (κ3) is 6.52. The monoisotopic (exact) mass is 596 g/mol. The van der Waals surface area contributed by atoms with E-state index in [1.54, 1.807) is 45.2 Å². The molecule has 0 aliphatic heterocycles. The number of aromatic amines is 1. The molecular weight excluding hydrogens is 560 g/mol. The van der Waals surface area contributed by atoms with Gasteiger partial charge in [-0.2, -0.15) is 0 Å². The van der Waals surface area contributed by atoms with Crippen molar-refractivity contribution in [3.63, 3.8) is 0 Å². The van der Waals surface area contributed by atoms with Gasteiger partial charge < -0.3 is 36.6 Å². The van der Waals surface area contributed by atoms with Crippen LogP contribution < -0.4 is 16.2 Å². The fraction of sp³-hybridized carbons (Fsp3) is 0.242. The van der Waals surface area contributed by atoms with Crippen molar-refractivity contribution in [2.45, 2.75) is 45.3 Å². The minimum absolute atomic E-state index is 0.0222. The highest BCUT2D eigenvalue weighted by atomic mass is 16.5. The second-order valence-corrected chi connectivity index (χ2v) is 10.8. The number of methoxy groups -OCH3 is 1. The Morgan fingerprint density at radius 3 is 2.34 bits per heavy atom. The number of carboxylic acids is 1. The summed E-state index contributed by atoms with van der Waals surface area (Å²) in [6.07, 6.45) is 2.58. The second kappa shape index (κ2) is 12.9. The van der Waals surface area contributed by atoms with Crippen molar-refractivity contribution in [3.8, 4) is 17.0 Å². The quantitative estimate of drug-likeness (QED) is 0.152. The van der Waals surface area contributed by atoms with Crippen LogP contribution in [-0.2, 0) is 17.8 Å². The molecule has 1 aromatic heterocycles. The number of imidazole rings is 1. The Hall–Kier alpha value is -5.29. The standard InChI is InChI=1S/C33H36N6O5/c1-19-12-24(29(35)40)13-20(2)26(19)15-33(36,18-34)32(43)39(17-22-10-11-28(44-4)25(14-22)31(41)42)21(3)30-37-16-27(38-30)23-8-6-5-7-9-23/h5-14,16,18,21,34H,15,17,36H2,1-4H3,(H2,35,40)(H,37,38)(H,41,42)/t21-,33?/m0/s1. The lowest BCUT2D eigenvalue weighted by atomic mass is 9.85. The highest BCUT2D eigenvalue weighted by Crippen LogP contribution is 2.29. The summed E-state index contributed by atoms with van der Waals surface area (Å²) in [5, 5.41) is 18.0. The number of amides is 2. The molecule has 11 nitrogen and oxygen atoms in total. The minimum atomic E-state index is -1.78. The molecule has 0 aliphatic rings. The number of carbonyl (C=O) groups excluding carboxylic acids is 2. The van der Waals surface area contributed by atoms with E-state index in [1.165, 1.54) is 24.1 Å². The summed E-state index contributed by atoms with van der Waals surface area (Å²) in [5.41, 5.74) is 15.0. The van der Waals surface area contributed by atoms with Crippen LogP contribution in [0.1, 0.15) is 61.8 Å². The van der Waals surface area contributed by atoms with Crippen LogP contribution in [0.4, 0.5) is 0 Å². The number of ether oxygens (including phenoxy) is 1. The van der Waals surface area contributed by atoms with Gasteiger partial charge in [0.2, 0.25) is 11.8 Å². The first-order chi connectivity index (χ1) is 20.9. The molecule has 0 aliphatic carbocycles. The average molecular weight is 597 g/mol. The zero-order valence-electron chi connectivity index (χ0n) is 25.0. The molecule has 4 rings (SSSR count). The van der Waals surface area contributed by atoms with Crippen molar-refractivity contribution in [3.05, 3.63) is 106 Å². The Morgan fingerprint density at radius 2 is 1.77 bits per heavy atom. The number of carboxylic acid groups (broad SMARTS) is 1. The number of aryl methyl sites for hydroxylation is 2. The van der Waals surface area contributed by atoms with Crippen LogP contribution in [0.3, 0.4) is 0 Å². The lowest BCUT2D eigenvalue weighted by Gasteiger charge is -2.36. The van der Waals surface area contributed by atoms with Gasteiger partial charge in [0.25, 0.3) is 0 Å². The van der Waals surface area contributed by atoms with E-state index in [0.29, 0.717) is 33.6 Å². The Labute approximate surface area is 255 Å². The molecule has 3 aromatic carbocycles. The van der Waals surface area contributed by atoms with Crippen LogP contribution >= 0.6 is 0 Å². The lowest BCUT2D eigenvalue weighted by molar-refractivity contribution is -0.137. The molecule has 4 aromatic rings. The van der Waals surface area contributed by atoms with Gasteiger partial charge in [-0.25, -0.2) is 9.78 Å². The van der Waals surface area contributed by atoms with E-state index in [-0.39, 0.29) is 24.3 Å². The molecule has 228 valence electrons. The number of primary amides is 1. The molecule has 44 heavy (non-hydrogen) atoms. The van der Waals surface area contributed by atoms with Crippen molar-refractivity contribution in [1.82, 2.24) is 14.9 Å².